The lowest BCUT2D eigenvalue weighted by Crippen LogP contribution is -2.37. The van der Waals surface area contributed by atoms with Crippen molar-refractivity contribution in [1.82, 2.24) is 5.32 Å². The zero-order chi connectivity index (χ0) is 17.5. The van der Waals surface area contributed by atoms with Crippen molar-refractivity contribution in [3.8, 4) is 0 Å². The van der Waals surface area contributed by atoms with E-state index in [0.29, 0.717) is 6.54 Å². The minimum absolute atomic E-state index is 0.143. The van der Waals surface area contributed by atoms with Crippen LogP contribution in [0.1, 0.15) is 30.2 Å². The molecule has 3 N–H and O–H groups in total. The smallest absolute Gasteiger partial charge is 0.224 e. The first-order valence-corrected chi connectivity index (χ1v) is 7.89. The molecule has 2 aromatic rings. The van der Waals surface area contributed by atoms with Gasteiger partial charge in [0.15, 0.2) is 0 Å². The maximum absolute atomic E-state index is 13.0. The van der Waals surface area contributed by atoms with Crippen LogP contribution < -0.4 is 11.1 Å². The first-order valence-electron chi connectivity index (χ1n) is 7.89. The first kappa shape index (κ1) is 18.1. The number of nitrogens with one attached hydrogen (secondary N) is 1. The molecule has 0 fully saturated rings. The van der Waals surface area contributed by atoms with Crippen LogP contribution in [0.15, 0.2) is 54.6 Å². The fourth-order valence-corrected chi connectivity index (χ4v) is 2.50. The van der Waals surface area contributed by atoms with Gasteiger partial charge >= 0.3 is 0 Å². The molecule has 3 atom stereocenters. The van der Waals surface area contributed by atoms with E-state index in [4.69, 9.17) is 10.5 Å². The van der Waals surface area contributed by atoms with Crippen LogP contribution in [0.3, 0.4) is 0 Å². The molecule has 0 saturated heterocycles. The standard InChI is InChI=1S/C19H23FN2O2/c1-13(18(21)15-6-4-3-5-7-15)19(23)22-12-17(24-2)14-8-10-16(20)11-9-14/h3-11,13,17-18H,12,21H2,1-2H3,(H,22,23). The van der Waals surface area contributed by atoms with E-state index >= 15 is 0 Å². The number of amides is 1. The molecule has 24 heavy (non-hydrogen) atoms. The van der Waals surface area contributed by atoms with Crippen LogP contribution in [0.25, 0.3) is 0 Å². The van der Waals surface area contributed by atoms with Crippen molar-refractivity contribution in [2.24, 2.45) is 11.7 Å². The fourth-order valence-electron chi connectivity index (χ4n) is 2.50. The van der Waals surface area contributed by atoms with E-state index in [1.807, 2.05) is 30.3 Å². The van der Waals surface area contributed by atoms with Crippen molar-refractivity contribution < 1.29 is 13.9 Å². The van der Waals surface area contributed by atoms with Gasteiger partial charge < -0.3 is 15.8 Å². The van der Waals surface area contributed by atoms with Gasteiger partial charge in [-0.15, -0.1) is 0 Å². The highest BCUT2D eigenvalue weighted by molar-refractivity contribution is 5.79. The van der Waals surface area contributed by atoms with E-state index in [1.54, 1.807) is 26.2 Å². The zero-order valence-electron chi connectivity index (χ0n) is 13.9. The summed E-state index contributed by atoms with van der Waals surface area (Å²) < 4.78 is 18.4. The molecule has 1 amide bonds. The van der Waals surface area contributed by atoms with Crippen LogP contribution in [0, 0.1) is 11.7 Å². The average molecular weight is 330 g/mol. The van der Waals surface area contributed by atoms with Crippen molar-refractivity contribution in [1.29, 1.82) is 0 Å². The Bertz CT molecular complexity index is 646. The number of rotatable bonds is 7. The van der Waals surface area contributed by atoms with Crippen LogP contribution in [-0.4, -0.2) is 19.6 Å². The van der Waals surface area contributed by atoms with E-state index in [0.717, 1.165) is 11.1 Å². The Morgan fingerprint density at radius 1 is 1.12 bits per heavy atom. The van der Waals surface area contributed by atoms with Crippen molar-refractivity contribution >= 4 is 5.91 Å². The van der Waals surface area contributed by atoms with Crippen LogP contribution in [0.4, 0.5) is 4.39 Å². The number of hydrogen-bond donors (Lipinski definition) is 2. The van der Waals surface area contributed by atoms with E-state index in [1.165, 1.54) is 12.1 Å². The van der Waals surface area contributed by atoms with Gasteiger partial charge in [-0.05, 0) is 23.3 Å². The summed E-state index contributed by atoms with van der Waals surface area (Å²) in [5.41, 5.74) is 7.90. The minimum Gasteiger partial charge on any atom is -0.375 e. The summed E-state index contributed by atoms with van der Waals surface area (Å²) in [6, 6.07) is 15.2. The summed E-state index contributed by atoms with van der Waals surface area (Å²) in [4.78, 5) is 12.4. The molecule has 5 heteroatoms. The number of carbonyl (C=O) groups excluding carboxylic acids is 1. The normalized spacial score (nSPS) is 14.7. The molecule has 2 rings (SSSR count). The molecule has 0 aliphatic heterocycles. The Hall–Kier alpha value is -2.24. The summed E-state index contributed by atoms with van der Waals surface area (Å²) in [5.74, 6) is -0.825. The lowest BCUT2D eigenvalue weighted by Gasteiger charge is -2.22. The number of nitrogens with two attached hydrogens (primary N) is 1. The molecule has 0 spiro atoms. The molecular weight excluding hydrogens is 307 g/mol. The third kappa shape index (κ3) is 4.63. The maximum atomic E-state index is 13.0. The SMILES string of the molecule is COC(CNC(=O)C(C)C(N)c1ccccc1)c1ccc(F)cc1. The largest absolute Gasteiger partial charge is 0.375 e. The van der Waals surface area contributed by atoms with Crippen LogP contribution in [0.5, 0.6) is 0 Å². The highest BCUT2D eigenvalue weighted by Crippen LogP contribution is 2.20. The molecule has 0 radical (unpaired) electrons. The predicted octanol–water partition coefficient (Wildman–Crippen LogP) is 2.97. The number of halogens is 1. The van der Waals surface area contributed by atoms with E-state index in [9.17, 15) is 9.18 Å². The van der Waals surface area contributed by atoms with Crippen molar-refractivity contribution in [3.05, 3.63) is 71.5 Å². The monoisotopic (exact) mass is 330 g/mol. The topological polar surface area (TPSA) is 64.3 Å². The Morgan fingerprint density at radius 2 is 1.75 bits per heavy atom. The lowest BCUT2D eigenvalue weighted by atomic mass is 9.94. The van der Waals surface area contributed by atoms with Crippen LogP contribution >= 0.6 is 0 Å². The molecule has 0 aromatic heterocycles. The van der Waals surface area contributed by atoms with Gasteiger partial charge in [-0.1, -0.05) is 49.4 Å². The van der Waals surface area contributed by atoms with E-state index < -0.39 is 0 Å². The molecule has 0 bridgehead atoms. The molecule has 3 unspecified atom stereocenters. The first-order chi connectivity index (χ1) is 11.5. The van der Waals surface area contributed by atoms with Crippen molar-refractivity contribution in [2.75, 3.05) is 13.7 Å². The van der Waals surface area contributed by atoms with Gasteiger partial charge in [-0.25, -0.2) is 4.39 Å². The molecule has 128 valence electrons. The second-order valence-electron chi connectivity index (χ2n) is 5.75. The highest BCUT2D eigenvalue weighted by Gasteiger charge is 2.23. The van der Waals surface area contributed by atoms with Gasteiger partial charge in [-0.2, -0.15) is 0 Å². The molecule has 4 nitrogen and oxygen atoms in total. The number of benzene rings is 2. The molecule has 0 heterocycles. The van der Waals surface area contributed by atoms with Crippen LogP contribution in [0.2, 0.25) is 0 Å². The summed E-state index contributed by atoms with van der Waals surface area (Å²) in [6.45, 7) is 2.10. The second-order valence-corrected chi connectivity index (χ2v) is 5.75. The number of methoxy groups -OCH3 is 1. The number of hydrogen-bond acceptors (Lipinski definition) is 3. The van der Waals surface area contributed by atoms with Gasteiger partial charge in [0.1, 0.15) is 5.82 Å². The van der Waals surface area contributed by atoms with Gasteiger partial charge in [0, 0.05) is 19.7 Å². The van der Waals surface area contributed by atoms with Gasteiger partial charge in [0.25, 0.3) is 0 Å². The quantitative estimate of drug-likeness (QED) is 0.820. The Kier molecular flexibility index (Phi) is 6.46. The number of carbonyl (C=O) groups is 1. The second kappa shape index (κ2) is 8.57. The minimum atomic E-state index is -0.377. The summed E-state index contributed by atoms with van der Waals surface area (Å²) in [5, 5.41) is 2.86. The third-order valence-electron chi connectivity index (χ3n) is 4.12. The van der Waals surface area contributed by atoms with Crippen LogP contribution in [-0.2, 0) is 9.53 Å². The molecule has 0 saturated carbocycles. The Labute approximate surface area is 141 Å². The molecule has 2 aromatic carbocycles. The summed E-state index contributed by atoms with van der Waals surface area (Å²) in [7, 11) is 1.55. The van der Waals surface area contributed by atoms with Crippen molar-refractivity contribution in [3.63, 3.8) is 0 Å². The number of ether oxygens (including phenoxy) is 1. The Morgan fingerprint density at radius 3 is 2.33 bits per heavy atom. The summed E-state index contributed by atoms with van der Waals surface area (Å²) in [6.07, 6.45) is -0.338. The fraction of sp³-hybridized carbons (Fsp3) is 0.316. The average Bonchev–Trinajstić information content (AvgIpc) is 2.62. The van der Waals surface area contributed by atoms with Gasteiger partial charge in [-0.3, -0.25) is 4.79 Å². The maximum Gasteiger partial charge on any atom is 0.224 e. The van der Waals surface area contributed by atoms with Gasteiger partial charge in [0.05, 0.1) is 12.0 Å². The molecular formula is C19H23FN2O2. The van der Waals surface area contributed by atoms with E-state index in [-0.39, 0.29) is 29.8 Å². The Balaban J connectivity index is 1.94. The van der Waals surface area contributed by atoms with Crippen molar-refractivity contribution in [2.45, 2.75) is 19.1 Å². The predicted molar refractivity (Wildman–Crippen MR) is 91.7 cm³/mol. The summed E-state index contributed by atoms with van der Waals surface area (Å²) >= 11 is 0. The molecule has 0 aliphatic carbocycles. The zero-order valence-corrected chi connectivity index (χ0v) is 13.9. The lowest BCUT2D eigenvalue weighted by molar-refractivity contribution is -0.125. The van der Waals surface area contributed by atoms with E-state index in [2.05, 4.69) is 5.32 Å². The third-order valence-corrected chi connectivity index (χ3v) is 4.12. The highest BCUT2D eigenvalue weighted by atomic mass is 19.1. The molecule has 0 aliphatic rings. The van der Waals surface area contributed by atoms with Gasteiger partial charge in [0.2, 0.25) is 5.91 Å².